The lowest BCUT2D eigenvalue weighted by molar-refractivity contribution is -0.131. The Hall–Kier alpha value is -2.10. The molecule has 1 heterocycles. The highest BCUT2D eigenvalue weighted by Gasteiger charge is 2.32. The summed E-state index contributed by atoms with van der Waals surface area (Å²) in [7, 11) is 0. The summed E-state index contributed by atoms with van der Waals surface area (Å²) in [6, 6.07) is -0.682. The molecule has 0 aromatic heterocycles. The van der Waals surface area contributed by atoms with Crippen molar-refractivity contribution in [3.63, 3.8) is 0 Å². The molecule has 0 unspecified atom stereocenters. The highest BCUT2D eigenvalue weighted by Crippen LogP contribution is 2.35. The number of carbonyl (C=O) groups is 2. The summed E-state index contributed by atoms with van der Waals surface area (Å²) in [5.74, 6) is -0.752. The van der Waals surface area contributed by atoms with Crippen LogP contribution in [0.5, 0.6) is 0 Å². The Morgan fingerprint density at radius 2 is 1.96 bits per heavy atom. The summed E-state index contributed by atoms with van der Waals surface area (Å²) in [6.07, 6.45) is -1.51. The standard InChI is InChI=1S/C16H24F3N5O2/c1-9(25)24-6-11(20)4-12(7-24)23-15(26)13(14(21)10-2-3-10)5-22-8-16(17,18)19/h5,10-12H,2-4,6-8,20-21H2,1H3,(H,23,26)/b14-13+,22-5?/t11-,12+/m1/s1. The van der Waals surface area contributed by atoms with Gasteiger partial charge in [0, 0.05) is 44.0 Å². The third-order valence-corrected chi connectivity index (χ3v) is 4.33. The normalized spacial score (nSPS) is 25.2. The first kappa shape index (κ1) is 20.2. The lowest BCUT2D eigenvalue weighted by Crippen LogP contribution is -2.56. The maximum Gasteiger partial charge on any atom is 0.407 e. The number of hydrogen-bond acceptors (Lipinski definition) is 5. The number of amides is 2. The number of carbonyl (C=O) groups excluding carboxylic acids is 2. The second-order valence-corrected chi connectivity index (χ2v) is 6.82. The molecule has 2 atom stereocenters. The van der Waals surface area contributed by atoms with Gasteiger partial charge in [0.25, 0.3) is 5.91 Å². The van der Waals surface area contributed by atoms with Crippen molar-refractivity contribution in [2.75, 3.05) is 19.6 Å². The highest BCUT2D eigenvalue weighted by molar-refractivity contribution is 6.13. The molecule has 1 saturated heterocycles. The van der Waals surface area contributed by atoms with E-state index >= 15 is 0 Å². The number of likely N-dealkylation sites (tertiary alicyclic amines) is 1. The number of alkyl halides is 3. The average molecular weight is 375 g/mol. The van der Waals surface area contributed by atoms with Crippen LogP contribution < -0.4 is 16.8 Å². The summed E-state index contributed by atoms with van der Waals surface area (Å²) in [5.41, 5.74) is 12.1. The molecule has 26 heavy (non-hydrogen) atoms. The molecular formula is C16H24F3N5O2. The minimum absolute atomic E-state index is 0.00424. The monoisotopic (exact) mass is 375 g/mol. The van der Waals surface area contributed by atoms with Crippen LogP contribution in [0.1, 0.15) is 26.2 Å². The predicted molar refractivity (Wildman–Crippen MR) is 90.1 cm³/mol. The SMILES string of the molecule is CC(=O)N1C[C@H](N)C[C@H](NC(=O)/C(C=NCC(F)(F)F)=C(/N)C2CC2)C1. The van der Waals surface area contributed by atoms with Crippen LogP contribution >= 0.6 is 0 Å². The average Bonchev–Trinajstić information content (AvgIpc) is 3.34. The molecule has 0 aromatic rings. The number of piperidine rings is 1. The largest absolute Gasteiger partial charge is 0.407 e. The Morgan fingerprint density at radius 1 is 1.31 bits per heavy atom. The molecule has 2 amide bonds. The summed E-state index contributed by atoms with van der Waals surface area (Å²) in [4.78, 5) is 29.0. The first-order valence-electron chi connectivity index (χ1n) is 8.45. The zero-order valence-electron chi connectivity index (χ0n) is 14.6. The first-order valence-corrected chi connectivity index (χ1v) is 8.45. The Kier molecular flexibility index (Phi) is 6.27. The molecule has 7 nitrogen and oxygen atoms in total. The molecule has 2 fully saturated rings. The minimum Gasteiger partial charge on any atom is -0.401 e. The number of rotatable bonds is 5. The number of nitrogens with two attached hydrogens (primary N) is 2. The van der Waals surface area contributed by atoms with Gasteiger partial charge in [-0.15, -0.1) is 0 Å². The van der Waals surface area contributed by atoms with Gasteiger partial charge < -0.3 is 21.7 Å². The van der Waals surface area contributed by atoms with Crippen molar-refractivity contribution in [2.45, 2.75) is 44.4 Å². The van der Waals surface area contributed by atoms with Gasteiger partial charge in [-0.3, -0.25) is 14.6 Å². The maximum atomic E-state index is 12.6. The first-order chi connectivity index (χ1) is 12.1. The molecule has 0 radical (unpaired) electrons. The fourth-order valence-corrected chi connectivity index (χ4v) is 2.88. The lowest BCUT2D eigenvalue weighted by Gasteiger charge is -2.36. The molecule has 10 heteroatoms. The molecule has 1 saturated carbocycles. The maximum absolute atomic E-state index is 12.6. The van der Waals surface area contributed by atoms with Crippen LogP contribution in [0.3, 0.4) is 0 Å². The Balaban J connectivity index is 2.09. The fraction of sp³-hybridized carbons (Fsp3) is 0.688. The quantitative estimate of drug-likeness (QED) is 0.474. The topological polar surface area (TPSA) is 114 Å². The van der Waals surface area contributed by atoms with Crippen molar-refractivity contribution in [3.8, 4) is 0 Å². The van der Waals surface area contributed by atoms with Crippen molar-refractivity contribution < 1.29 is 22.8 Å². The van der Waals surface area contributed by atoms with Crippen molar-refractivity contribution in [3.05, 3.63) is 11.3 Å². The van der Waals surface area contributed by atoms with Gasteiger partial charge in [-0.25, -0.2) is 0 Å². The number of allylic oxidation sites excluding steroid dienone is 1. The van der Waals surface area contributed by atoms with E-state index in [0.29, 0.717) is 19.5 Å². The van der Waals surface area contributed by atoms with Crippen LogP contribution in [0.25, 0.3) is 0 Å². The van der Waals surface area contributed by atoms with Gasteiger partial charge >= 0.3 is 6.18 Å². The number of halogens is 3. The van der Waals surface area contributed by atoms with Gasteiger partial charge in [-0.2, -0.15) is 13.2 Å². The Morgan fingerprint density at radius 3 is 2.50 bits per heavy atom. The number of nitrogens with zero attached hydrogens (tertiary/aromatic N) is 2. The molecule has 1 aliphatic heterocycles. The van der Waals surface area contributed by atoms with Gasteiger partial charge in [0.15, 0.2) is 0 Å². The van der Waals surface area contributed by atoms with Crippen LogP contribution in [0.2, 0.25) is 0 Å². The zero-order valence-corrected chi connectivity index (χ0v) is 14.6. The summed E-state index contributed by atoms with van der Waals surface area (Å²) < 4.78 is 36.9. The van der Waals surface area contributed by atoms with Crippen LogP contribution in [-0.2, 0) is 9.59 Å². The second-order valence-electron chi connectivity index (χ2n) is 6.82. The summed E-state index contributed by atoms with van der Waals surface area (Å²) in [5, 5.41) is 2.72. The van der Waals surface area contributed by atoms with Gasteiger partial charge in [0.1, 0.15) is 6.54 Å². The lowest BCUT2D eigenvalue weighted by atomic mass is 10.0. The molecule has 1 aliphatic carbocycles. The van der Waals surface area contributed by atoms with E-state index in [1.54, 1.807) is 0 Å². The van der Waals surface area contributed by atoms with Crippen LogP contribution in [0, 0.1) is 5.92 Å². The molecule has 2 rings (SSSR count). The molecule has 0 spiro atoms. The fourth-order valence-electron chi connectivity index (χ4n) is 2.88. The zero-order chi connectivity index (χ0) is 19.5. The van der Waals surface area contributed by atoms with Crippen molar-refractivity contribution in [2.24, 2.45) is 22.4 Å². The van der Waals surface area contributed by atoms with Crippen molar-refractivity contribution >= 4 is 18.0 Å². The predicted octanol–water partition coefficient (Wildman–Crippen LogP) is 0.307. The van der Waals surface area contributed by atoms with Crippen LogP contribution in [0.4, 0.5) is 13.2 Å². The number of aliphatic imine (C=N–C) groups is 1. The van der Waals surface area contributed by atoms with Gasteiger partial charge in [0.05, 0.1) is 5.57 Å². The van der Waals surface area contributed by atoms with E-state index in [1.807, 2.05) is 0 Å². The van der Waals surface area contributed by atoms with E-state index in [9.17, 15) is 22.8 Å². The van der Waals surface area contributed by atoms with E-state index in [4.69, 9.17) is 11.5 Å². The van der Waals surface area contributed by atoms with Gasteiger partial charge in [-0.05, 0) is 25.2 Å². The van der Waals surface area contributed by atoms with Crippen molar-refractivity contribution in [1.29, 1.82) is 0 Å². The number of nitrogens with one attached hydrogen (secondary N) is 1. The molecule has 146 valence electrons. The summed E-state index contributed by atoms with van der Waals surface area (Å²) >= 11 is 0. The molecule has 5 N–H and O–H groups in total. The molecular weight excluding hydrogens is 351 g/mol. The minimum atomic E-state index is -4.45. The van der Waals surface area contributed by atoms with Crippen LogP contribution in [0.15, 0.2) is 16.3 Å². The highest BCUT2D eigenvalue weighted by atomic mass is 19.4. The van der Waals surface area contributed by atoms with E-state index in [1.165, 1.54) is 11.8 Å². The smallest absolute Gasteiger partial charge is 0.401 e. The van der Waals surface area contributed by atoms with Crippen molar-refractivity contribution in [1.82, 2.24) is 10.2 Å². The van der Waals surface area contributed by atoms with Gasteiger partial charge in [0.2, 0.25) is 5.91 Å². The van der Waals surface area contributed by atoms with E-state index in [2.05, 4.69) is 10.3 Å². The van der Waals surface area contributed by atoms with E-state index < -0.39 is 24.7 Å². The second kappa shape index (κ2) is 8.07. The van der Waals surface area contributed by atoms with E-state index in [0.717, 1.165) is 19.1 Å². The van der Waals surface area contributed by atoms with Crippen LogP contribution in [-0.4, -0.2) is 60.8 Å². The van der Waals surface area contributed by atoms with E-state index in [-0.39, 0.29) is 29.1 Å². The Labute approximate surface area is 149 Å². The van der Waals surface area contributed by atoms with Gasteiger partial charge in [-0.1, -0.05) is 0 Å². The molecule has 0 aromatic carbocycles. The number of hydrogen-bond donors (Lipinski definition) is 3. The third kappa shape index (κ3) is 6.01. The molecule has 0 bridgehead atoms. The summed E-state index contributed by atoms with van der Waals surface area (Å²) in [6.45, 7) is 0.734. The molecule has 2 aliphatic rings. The Bertz CT molecular complexity index is 613. The third-order valence-electron chi connectivity index (χ3n) is 4.33.